The molecule has 4 saturated carbocycles. The van der Waals surface area contributed by atoms with E-state index < -0.39 is 0 Å². The molecule has 5 nitrogen and oxygen atoms in total. The molecule has 1 aromatic heterocycles. The number of carbonyl (C=O) groups excluding carboxylic acids is 1. The quantitative estimate of drug-likeness (QED) is 0.730. The maximum Gasteiger partial charge on any atom is 0.158 e. The van der Waals surface area contributed by atoms with E-state index in [2.05, 4.69) is 36.3 Å². The van der Waals surface area contributed by atoms with E-state index in [1.54, 1.807) is 4.68 Å². The topological polar surface area (TPSA) is 60.7 Å². The highest BCUT2D eigenvalue weighted by Gasteiger charge is 2.62. The first kappa shape index (κ1) is 19.7. The Balaban J connectivity index is 1.40. The lowest BCUT2D eigenvalue weighted by molar-refractivity contribution is -0.145. The Morgan fingerprint density at radius 3 is 2.62 bits per heavy atom. The summed E-state index contributed by atoms with van der Waals surface area (Å²) in [7, 11) is 0. The van der Waals surface area contributed by atoms with Crippen molar-refractivity contribution in [2.24, 2.45) is 46.3 Å². The number of hydrogen-bond donors (Lipinski definition) is 0. The molecular formula is C24H38N4O. The largest absolute Gasteiger partial charge is 0.297 e. The third kappa shape index (κ3) is 2.85. The Bertz CT molecular complexity index is 790. The first-order valence-corrected chi connectivity index (χ1v) is 12.1. The first-order valence-electron chi connectivity index (χ1n) is 12.1. The lowest BCUT2D eigenvalue weighted by Crippen LogP contribution is -2.55. The minimum Gasteiger partial charge on any atom is -0.297 e. The third-order valence-electron chi connectivity index (χ3n) is 10.3. The van der Waals surface area contributed by atoms with Gasteiger partial charge in [-0.25, -0.2) is 4.68 Å². The number of aryl methyl sites for hydroxylation is 1. The molecule has 0 saturated heterocycles. The van der Waals surface area contributed by atoms with Crippen molar-refractivity contribution < 1.29 is 4.79 Å². The molecule has 0 spiro atoms. The van der Waals surface area contributed by atoms with Crippen molar-refractivity contribution in [3.05, 3.63) is 5.82 Å². The summed E-state index contributed by atoms with van der Waals surface area (Å²) >= 11 is 0. The molecule has 160 valence electrons. The van der Waals surface area contributed by atoms with Crippen molar-refractivity contribution in [2.45, 2.75) is 92.0 Å². The first-order chi connectivity index (χ1) is 13.8. The number of aromatic nitrogens is 4. The van der Waals surface area contributed by atoms with Crippen LogP contribution in [0.15, 0.2) is 0 Å². The van der Waals surface area contributed by atoms with Crippen LogP contribution in [0.3, 0.4) is 0 Å². The Morgan fingerprint density at radius 2 is 1.86 bits per heavy atom. The number of rotatable bonds is 3. The van der Waals surface area contributed by atoms with Crippen molar-refractivity contribution in [1.29, 1.82) is 0 Å². The SMILES string of the molecule is Cc1nnnn1CC(=O)[C@H]1CC[C@H]2[C@@H]3[C@@H](C)C[C@H]4CCCC[C@]4(C)[C@H]3CC[C@]12C. The van der Waals surface area contributed by atoms with Gasteiger partial charge in [0.2, 0.25) is 0 Å². The molecule has 1 heterocycles. The zero-order valence-electron chi connectivity index (χ0n) is 18.7. The Hall–Kier alpha value is -1.26. The van der Waals surface area contributed by atoms with Gasteiger partial charge in [0, 0.05) is 5.92 Å². The van der Waals surface area contributed by atoms with Crippen molar-refractivity contribution in [3.8, 4) is 0 Å². The minimum atomic E-state index is 0.173. The Kier molecular flexibility index (Phi) is 4.67. The molecule has 0 aromatic carbocycles. The summed E-state index contributed by atoms with van der Waals surface area (Å²) in [4.78, 5) is 13.3. The summed E-state index contributed by atoms with van der Waals surface area (Å²) < 4.78 is 1.68. The van der Waals surface area contributed by atoms with Crippen LogP contribution in [0.5, 0.6) is 0 Å². The van der Waals surface area contributed by atoms with E-state index in [9.17, 15) is 4.79 Å². The van der Waals surface area contributed by atoms with Crippen LogP contribution in [0.25, 0.3) is 0 Å². The van der Waals surface area contributed by atoms with Gasteiger partial charge in [-0.15, -0.1) is 5.10 Å². The molecular weight excluding hydrogens is 360 g/mol. The van der Waals surface area contributed by atoms with Crippen LogP contribution < -0.4 is 0 Å². The lowest BCUT2D eigenvalue weighted by atomic mass is 9.42. The maximum absolute atomic E-state index is 13.3. The zero-order chi connectivity index (χ0) is 20.4. The van der Waals surface area contributed by atoms with Crippen molar-refractivity contribution in [2.75, 3.05) is 0 Å². The molecule has 0 aliphatic heterocycles. The minimum absolute atomic E-state index is 0.173. The normalized spacial score (nSPS) is 46.6. The van der Waals surface area contributed by atoms with Crippen molar-refractivity contribution in [1.82, 2.24) is 20.2 Å². The van der Waals surface area contributed by atoms with E-state index in [-0.39, 0.29) is 11.3 Å². The number of ketones is 1. The number of hydrogen-bond acceptors (Lipinski definition) is 4. The van der Waals surface area contributed by atoms with Gasteiger partial charge in [0.1, 0.15) is 12.4 Å². The zero-order valence-corrected chi connectivity index (χ0v) is 18.7. The Labute approximate surface area is 175 Å². The van der Waals surface area contributed by atoms with Crippen LogP contribution in [0, 0.1) is 53.3 Å². The summed E-state index contributed by atoms with van der Waals surface area (Å²) in [6, 6.07) is 0. The average molecular weight is 399 g/mol. The molecule has 0 amide bonds. The molecule has 5 heteroatoms. The van der Waals surface area contributed by atoms with E-state index in [1.165, 1.54) is 51.4 Å². The van der Waals surface area contributed by atoms with Gasteiger partial charge in [-0.2, -0.15) is 0 Å². The van der Waals surface area contributed by atoms with E-state index in [1.807, 2.05) is 6.92 Å². The van der Waals surface area contributed by atoms with Gasteiger partial charge in [-0.3, -0.25) is 4.79 Å². The fraction of sp³-hybridized carbons (Fsp3) is 0.917. The second-order valence-corrected chi connectivity index (χ2v) is 11.5. The highest BCUT2D eigenvalue weighted by atomic mass is 16.1. The molecule has 0 bridgehead atoms. The lowest BCUT2D eigenvalue weighted by Gasteiger charge is -2.62. The summed E-state index contributed by atoms with van der Waals surface area (Å²) in [6.45, 7) is 9.86. The highest BCUT2D eigenvalue weighted by molar-refractivity contribution is 5.82. The molecule has 0 radical (unpaired) electrons. The molecule has 8 atom stereocenters. The number of Topliss-reactive ketones (excluding diaryl/α,β-unsaturated/α-hetero) is 1. The van der Waals surface area contributed by atoms with E-state index in [0.29, 0.717) is 17.7 Å². The van der Waals surface area contributed by atoms with Gasteiger partial charge in [0.25, 0.3) is 0 Å². The molecule has 0 unspecified atom stereocenters. The summed E-state index contributed by atoms with van der Waals surface area (Å²) in [5.41, 5.74) is 0.731. The summed E-state index contributed by atoms with van der Waals surface area (Å²) in [5, 5.41) is 11.7. The van der Waals surface area contributed by atoms with Gasteiger partial charge >= 0.3 is 0 Å². The maximum atomic E-state index is 13.3. The predicted molar refractivity (Wildman–Crippen MR) is 112 cm³/mol. The molecule has 4 aliphatic carbocycles. The van der Waals surface area contributed by atoms with E-state index >= 15 is 0 Å². The van der Waals surface area contributed by atoms with Gasteiger partial charge in [0.05, 0.1) is 0 Å². The highest BCUT2D eigenvalue weighted by Crippen LogP contribution is 2.68. The Morgan fingerprint density at radius 1 is 1.07 bits per heavy atom. The van der Waals surface area contributed by atoms with E-state index in [0.717, 1.165) is 41.8 Å². The molecule has 5 rings (SSSR count). The van der Waals surface area contributed by atoms with Gasteiger partial charge in [-0.05, 0) is 103 Å². The van der Waals surface area contributed by atoms with E-state index in [4.69, 9.17) is 0 Å². The third-order valence-corrected chi connectivity index (χ3v) is 10.3. The van der Waals surface area contributed by atoms with Gasteiger partial charge in [0.15, 0.2) is 5.78 Å². The van der Waals surface area contributed by atoms with Crippen molar-refractivity contribution >= 4 is 5.78 Å². The van der Waals surface area contributed by atoms with Crippen LogP contribution in [0.1, 0.15) is 84.4 Å². The monoisotopic (exact) mass is 398 g/mol. The second-order valence-electron chi connectivity index (χ2n) is 11.5. The molecule has 1 aromatic rings. The van der Waals surface area contributed by atoms with Crippen LogP contribution in [0.4, 0.5) is 0 Å². The number of carbonyl (C=O) groups is 1. The average Bonchev–Trinajstić information content (AvgIpc) is 3.25. The molecule has 4 fully saturated rings. The molecule has 29 heavy (non-hydrogen) atoms. The van der Waals surface area contributed by atoms with Crippen molar-refractivity contribution in [3.63, 3.8) is 0 Å². The van der Waals surface area contributed by atoms with Gasteiger partial charge < -0.3 is 0 Å². The number of fused-ring (bicyclic) bond motifs is 5. The van der Waals surface area contributed by atoms with Crippen LogP contribution in [-0.4, -0.2) is 26.0 Å². The van der Waals surface area contributed by atoms with Crippen LogP contribution >= 0.6 is 0 Å². The fourth-order valence-electron chi connectivity index (χ4n) is 8.85. The number of tetrazole rings is 1. The summed E-state index contributed by atoms with van der Waals surface area (Å²) in [5.74, 6) is 5.45. The van der Waals surface area contributed by atoms with Crippen LogP contribution in [0.2, 0.25) is 0 Å². The molecule has 0 N–H and O–H groups in total. The van der Waals surface area contributed by atoms with Gasteiger partial charge in [-0.1, -0.05) is 33.6 Å². The predicted octanol–water partition coefficient (Wildman–Crippen LogP) is 4.85. The summed E-state index contributed by atoms with van der Waals surface area (Å²) in [6.07, 6.45) is 12.1. The second kappa shape index (κ2) is 6.88. The van der Waals surface area contributed by atoms with Crippen LogP contribution in [-0.2, 0) is 11.3 Å². The number of nitrogens with zero attached hydrogens (tertiary/aromatic N) is 4. The molecule has 4 aliphatic rings. The fourth-order valence-corrected chi connectivity index (χ4v) is 8.85. The standard InChI is InChI=1S/C24H38N4O/c1-15-13-17-7-5-6-11-23(17,3)20-10-12-24(4)18(8-9-19(24)22(15)20)21(29)14-28-16(2)25-26-27-28/h15,17-20,22H,5-14H2,1-4H3/t15-,17+,18+,19-,20-,22-,23-,24+/m0/s1. The smallest absolute Gasteiger partial charge is 0.158 e.